The number of nitrogens with one attached hydrogen (secondary N) is 1. The number of esters is 1. The molecule has 0 saturated carbocycles. The minimum atomic E-state index is -0.616. The molecule has 1 atom stereocenters. The third-order valence-corrected chi connectivity index (χ3v) is 2.01. The van der Waals surface area contributed by atoms with Gasteiger partial charge in [-0.2, -0.15) is 0 Å². The van der Waals surface area contributed by atoms with Crippen LogP contribution in [0.2, 0.25) is 0 Å². The fourth-order valence-corrected chi connectivity index (χ4v) is 1.21. The van der Waals surface area contributed by atoms with Gasteiger partial charge in [0, 0.05) is 23.9 Å². The highest BCUT2D eigenvalue weighted by atomic mass is 16.6. The van der Waals surface area contributed by atoms with E-state index in [1.807, 2.05) is 0 Å². The molecule has 0 rings (SSSR count). The fraction of sp³-hybridized carbons (Fsp3) is 0.818. The van der Waals surface area contributed by atoms with Crippen molar-refractivity contribution in [1.29, 1.82) is 0 Å². The zero-order chi connectivity index (χ0) is 14.9. The maximum Gasteiger partial charge on any atom is 0.407 e. The van der Waals surface area contributed by atoms with Crippen LogP contribution in [0.3, 0.4) is 0 Å². The number of methoxy groups -OCH3 is 1. The standard InChI is InChI=1S/C11H20N4O4/c1-11(2,3)19-10(17)14-8(7-13-15-12)5-6-9(16)18-4/h8H,5-7H2,1-4H3,(H,14,17). The van der Waals surface area contributed by atoms with Crippen molar-refractivity contribution in [1.82, 2.24) is 5.32 Å². The van der Waals surface area contributed by atoms with E-state index in [0.29, 0.717) is 6.42 Å². The van der Waals surface area contributed by atoms with Gasteiger partial charge < -0.3 is 14.8 Å². The Morgan fingerprint density at radius 2 is 2.05 bits per heavy atom. The summed E-state index contributed by atoms with van der Waals surface area (Å²) in [7, 11) is 1.28. The monoisotopic (exact) mass is 272 g/mol. The summed E-state index contributed by atoms with van der Waals surface area (Å²) in [4.78, 5) is 25.2. The van der Waals surface area contributed by atoms with Gasteiger partial charge in [-0.1, -0.05) is 5.11 Å². The highest BCUT2D eigenvalue weighted by Crippen LogP contribution is 2.08. The van der Waals surface area contributed by atoms with Gasteiger partial charge in [-0.15, -0.1) is 0 Å². The van der Waals surface area contributed by atoms with E-state index in [9.17, 15) is 9.59 Å². The number of hydrogen-bond donors (Lipinski definition) is 1. The van der Waals surface area contributed by atoms with Gasteiger partial charge in [0.25, 0.3) is 0 Å². The smallest absolute Gasteiger partial charge is 0.407 e. The summed E-state index contributed by atoms with van der Waals surface area (Å²) < 4.78 is 9.58. The number of ether oxygens (including phenoxy) is 2. The van der Waals surface area contributed by atoms with E-state index in [2.05, 4.69) is 20.1 Å². The summed E-state index contributed by atoms with van der Waals surface area (Å²) in [6.45, 7) is 5.27. The molecule has 0 heterocycles. The minimum Gasteiger partial charge on any atom is -0.469 e. The average Bonchev–Trinajstić information content (AvgIpc) is 2.29. The van der Waals surface area contributed by atoms with Gasteiger partial charge in [0.1, 0.15) is 5.60 Å². The van der Waals surface area contributed by atoms with Crippen LogP contribution in [0.1, 0.15) is 33.6 Å². The first-order valence-electron chi connectivity index (χ1n) is 5.85. The maximum absolute atomic E-state index is 11.6. The molecule has 0 aromatic heterocycles. The predicted molar refractivity (Wildman–Crippen MR) is 68.4 cm³/mol. The van der Waals surface area contributed by atoms with E-state index < -0.39 is 23.7 Å². The molecule has 108 valence electrons. The van der Waals surface area contributed by atoms with E-state index in [-0.39, 0.29) is 13.0 Å². The second kappa shape index (κ2) is 8.20. The van der Waals surface area contributed by atoms with E-state index in [1.54, 1.807) is 20.8 Å². The molecule has 0 fully saturated rings. The second-order valence-corrected chi connectivity index (χ2v) is 4.87. The Kier molecular flexibility index (Phi) is 7.36. The Hall–Kier alpha value is -1.95. The Morgan fingerprint density at radius 3 is 2.53 bits per heavy atom. The van der Waals surface area contributed by atoms with E-state index >= 15 is 0 Å². The lowest BCUT2D eigenvalue weighted by Gasteiger charge is -2.22. The Bertz CT molecular complexity index is 358. The number of rotatable bonds is 6. The van der Waals surface area contributed by atoms with Crippen LogP contribution in [0.5, 0.6) is 0 Å². The van der Waals surface area contributed by atoms with Gasteiger partial charge >= 0.3 is 12.1 Å². The van der Waals surface area contributed by atoms with Gasteiger partial charge in [-0.25, -0.2) is 4.79 Å². The molecule has 0 aliphatic rings. The fourth-order valence-electron chi connectivity index (χ4n) is 1.21. The lowest BCUT2D eigenvalue weighted by atomic mass is 10.1. The number of hydrogen-bond acceptors (Lipinski definition) is 5. The minimum absolute atomic E-state index is 0.0484. The topological polar surface area (TPSA) is 113 Å². The first-order chi connectivity index (χ1) is 8.78. The molecule has 0 radical (unpaired) electrons. The van der Waals surface area contributed by atoms with Crippen LogP contribution < -0.4 is 5.32 Å². The molecule has 0 aromatic carbocycles. The van der Waals surface area contributed by atoms with Crippen LogP contribution in [-0.4, -0.2) is 37.4 Å². The average molecular weight is 272 g/mol. The molecule has 0 aliphatic heterocycles. The van der Waals surface area contributed by atoms with Crippen LogP contribution >= 0.6 is 0 Å². The Morgan fingerprint density at radius 1 is 1.42 bits per heavy atom. The van der Waals surface area contributed by atoms with Crippen molar-refractivity contribution in [3.63, 3.8) is 0 Å². The quantitative estimate of drug-likeness (QED) is 0.345. The molecule has 0 aliphatic carbocycles. The van der Waals surface area contributed by atoms with Crippen LogP contribution in [0.25, 0.3) is 10.4 Å². The molecule has 8 heteroatoms. The summed E-state index contributed by atoms with van der Waals surface area (Å²) >= 11 is 0. The highest BCUT2D eigenvalue weighted by molar-refractivity contribution is 5.70. The van der Waals surface area contributed by atoms with Gasteiger partial charge in [0.15, 0.2) is 0 Å². The lowest BCUT2D eigenvalue weighted by Crippen LogP contribution is -2.40. The molecular weight excluding hydrogens is 252 g/mol. The molecule has 0 aromatic rings. The molecule has 0 spiro atoms. The molecule has 8 nitrogen and oxygen atoms in total. The summed E-state index contributed by atoms with van der Waals surface area (Å²) in [5.41, 5.74) is 7.67. The van der Waals surface area contributed by atoms with Crippen molar-refractivity contribution in [3.05, 3.63) is 10.4 Å². The summed E-state index contributed by atoms with van der Waals surface area (Å²) in [6, 6.07) is -0.468. The zero-order valence-electron chi connectivity index (χ0n) is 11.7. The van der Waals surface area contributed by atoms with Crippen molar-refractivity contribution < 1.29 is 19.1 Å². The van der Waals surface area contributed by atoms with Crippen molar-refractivity contribution in [2.45, 2.75) is 45.3 Å². The molecule has 0 saturated heterocycles. The summed E-state index contributed by atoms with van der Waals surface area (Å²) in [5, 5.41) is 5.94. The van der Waals surface area contributed by atoms with Crippen molar-refractivity contribution in [2.75, 3.05) is 13.7 Å². The molecule has 1 amide bonds. The van der Waals surface area contributed by atoms with Crippen LogP contribution in [-0.2, 0) is 14.3 Å². The van der Waals surface area contributed by atoms with E-state index in [1.165, 1.54) is 7.11 Å². The lowest BCUT2D eigenvalue weighted by molar-refractivity contribution is -0.140. The summed E-state index contributed by atoms with van der Waals surface area (Å²) in [5.74, 6) is -0.392. The van der Waals surface area contributed by atoms with Crippen molar-refractivity contribution >= 4 is 12.1 Å². The molecular formula is C11H20N4O4. The Labute approximate surface area is 112 Å². The van der Waals surface area contributed by atoms with Crippen LogP contribution in [0, 0.1) is 0 Å². The number of nitrogens with zero attached hydrogens (tertiary/aromatic N) is 3. The largest absolute Gasteiger partial charge is 0.469 e. The zero-order valence-corrected chi connectivity index (χ0v) is 11.7. The van der Waals surface area contributed by atoms with Crippen molar-refractivity contribution in [2.24, 2.45) is 5.11 Å². The van der Waals surface area contributed by atoms with Gasteiger partial charge in [0.05, 0.1) is 7.11 Å². The van der Waals surface area contributed by atoms with Crippen LogP contribution in [0.15, 0.2) is 5.11 Å². The maximum atomic E-state index is 11.6. The number of carbonyl (C=O) groups excluding carboxylic acids is 2. The SMILES string of the molecule is COC(=O)CCC(CN=[N+]=[N-])NC(=O)OC(C)(C)C. The van der Waals surface area contributed by atoms with E-state index in [0.717, 1.165) is 0 Å². The third kappa shape index (κ3) is 9.72. The van der Waals surface area contributed by atoms with Crippen molar-refractivity contribution in [3.8, 4) is 0 Å². The van der Waals surface area contributed by atoms with Crippen LogP contribution in [0.4, 0.5) is 4.79 Å². The second-order valence-electron chi connectivity index (χ2n) is 4.87. The normalized spacial score (nSPS) is 12.0. The summed E-state index contributed by atoms with van der Waals surface area (Å²) in [6.07, 6.45) is -0.182. The number of azide groups is 1. The predicted octanol–water partition coefficient (Wildman–Crippen LogP) is 2.14. The van der Waals surface area contributed by atoms with Gasteiger partial charge in [-0.05, 0) is 32.7 Å². The van der Waals surface area contributed by atoms with Gasteiger partial charge in [0.2, 0.25) is 0 Å². The highest BCUT2D eigenvalue weighted by Gasteiger charge is 2.19. The van der Waals surface area contributed by atoms with Gasteiger partial charge in [-0.3, -0.25) is 4.79 Å². The number of alkyl carbamates (subject to hydrolysis) is 1. The van der Waals surface area contributed by atoms with E-state index in [4.69, 9.17) is 10.3 Å². The molecule has 1 unspecified atom stereocenters. The Balaban J connectivity index is 4.37. The number of carbonyl (C=O) groups is 2. The third-order valence-electron chi connectivity index (χ3n) is 2.01. The molecule has 19 heavy (non-hydrogen) atoms. The first kappa shape index (κ1) is 17.1. The molecule has 1 N–H and O–H groups in total. The number of amides is 1. The molecule has 0 bridgehead atoms. The first-order valence-corrected chi connectivity index (χ1v) is 5.85.